The standard InChI is InChI=1S/C10H10ClFN2O3S/c11-9-2-1-7(4-13-9)5-14-6-8(3-10(14)15)18(12,16)17/h1-2,4,8H,3,5-6H2. The third-order valence-electron chi connectivity index (χ3n) is 2.74. The monoisotopic (exact) mass is 292 g/mol. The maximum absolute atomic E-state index is 12.8. The van der Waals surface area contributed by atoms with Crippen LogP contribution in [0.4, 0.5) is 3.89 Å². The van der Waals surface area contributed by atoms with E-state index in [1.807, 2.05) is 0 Å². The summed E-state index contributed by atoms with van der Waals surface area (Å²) >= 11 is 5.62. The molecular formula is C10H10ClFN2O3S. The fourth-order valence-electron chi connectivity index (χ4n) is 1.80. The SMILES string of the molecule is O=C1CC(S(=O)(=O)F)CN1Cc1ccc(Cl)nc1. The van der Waals surface area contributed by atoms with Gasteiger partial charge in [-0.15, -0.1) is 3.89 Å². The maximum atomic E-state index is 12.8. The number of likely N-dealkylation sites (tertiary alicyclic amines) is 1. The Morgan fingerprint density at radius 2 is 2.22 bits per heavy atom. The molecular weight excluding hydrogens is 283 g/mol. The Labute approximate surface area is 109 Å². The van der Waals surface area contributed by atoms with E-state index in [0.717, 1.165) is 0 Å². The zero-order chi connectivity index (χ0) is 13.3. The van der Waals surface area contributed by atoms with Crippen molar-refractivity contribution >= 4 is 27.7 Å². The van der Waals surface area contributed by atoms with Gasteiger partial charge in [0, 0.05) is 25.7 Å². The molecule has 18 heavy (non-hydrogen) atoms. The van der Waals surface area contributed by atoms with Crippen molar-refractivity contribution in [2.45, 2.75) is 18.2 Å². The van der Waals surface area contributed by atoms with Crippen LogP contribution in [0.1, 0.15) is 12.0 Å². The van der Waals surface area contributed by atoms with Gasteiger partial charge in [0.25, 0.3) is 0 Å². The molecule has 0 spiro atoms. The molecule has 1 aromatic rings. The van der Waals surface area contributed by atoms with E-state index < -0.39 is 15.5 Å². The Bertz CT molecular complexity index is 561. The van der Waals surface area contributed by atoms with Crippen LogP contribution >= 0.6 is 11.6 Å². The number of hydrogen-bond donors (Lipinski definition) is 0. The molecule has 1 aromatic heterocycles. The average Bonchev–Trinajstić information content (AvgIpc) is 2.63. The van der Waals surface area contributed by atoms with Gasteiger partial charge >= 0.3 is 10.2 Å². The first-order valence-electron chi connectivity index (χ1n) is 5.18. The van der Waals surface area contributed by atoms with Crippen molar-refractivity contribution in [3.8, 4) is 0 Å². The zero-order valence-electron chi connectivity index (χ0n) is 9.21. The minimum atomic E-state index is -4.67. The molecule has 0 aromatic carbocycles. The highest BCUT2D eigenvalue weighted by molar-refractivity contribution is 7.87. The quantitative estimate of drug-likeness (QED) is 0.619. The van der Waals surface area contributed by atoms with Crippen molar-refractivity contribution in [2.24, 2.45) is 0 Å². The van der Waals surface area contributed by atoms with Crippen LogP contribution in [0.2, 0.25) is 5.15 Å². The van der Waals surface area contributed by atoms with Gasteiger partial charge in [-0.1, -0.05) is 17.7 Å². The minimum absolute atomic E-state index is 0.125. The van der Waals surface area contributed by atoms with E-state index in [-0.39, 0.29) is 25.4 Å². The third-order valence-corrected chi connectivity index (χ3v) is 4.07. The highest BCUT2D eigenvalue weighted by atomic mass is 35.5. The van der Waals surface area contributed by atoms with Crippen LogP contribution in [-0.4, -0.2) is 36.0 Å². The molecule has 1 aliphatic rings. The smallest absolute Gasteiger partial charge is 0.307 e. The van der Waals surface area contributed by atoms with Crippen LogP contribution < -0.4 is 0 Å². The molecule has 98 valence electrons. The van der Waals surface area contributed by atoms with Crippen LogP contribution in [0.25, 0.3) is 0 Å². The van der Waals surface area contributed by atoms with Crippen LogP contribution in [-0.2, 0) is 21.6 Å². The third kappa shape index (κ3) is 2.97. The first-order chi connectivity index (χ1) is 8.36. The molecule has 0 bridgehead atoms. The number of amides is 1. The first kappa shape index (κ1) is 13.2. The van der Waals surface area contributed by atoms with E-state index in [1.54, 1.807) is 12.1 Å². The van der Waals surface area contributed by atoms with Gasteiger partial charge < -0.3 is 4.90 Å². The molecule has 0 saturated carbocycles. The van der Waals surface area contributed by atoms with E-state index in [2.05, 4.69) is 4.98 Å². The van der Waals surface area contributed by atoms with Crippen molar-refractivity contribution in [3.05, 3.63) is 29.0 Å². The first-order valence-corrected chi connectivity index (χ1v) is 7.00. The second kappa shape index (κ2) is 4.81. The Balaban J connectivity index is 2.07. The molecule has 1 atom stereocenters. The van der Waals surface area contributed by atoms with Gasteiger partial charge in [-0.2, -0.15) is 8.42 Å². The fourth-order valence-corrected chi connectivity index (χ4v) is 2.61. The van der Waals surface area contributed by atoms with Gasteiger partial charge in [-0.25, -0.2) is 4.98 Å². The molecule has 0 radical (unpaired) electrons. The summed E-state index contributed by atoms with van der Waals surface area (Å²) in [5.41, 5.74) is 0.713. The molecule has 2 heterocycles. The summed E-state index contributed by atoms with van der Waals surface area (Å²) in [6, 6.07) is 3.25. The summed E-state index contributed by atoms with van der Waals surface area (Å²) in [4.78, 5) is 16.7. The Morgan fingerprint density at radius 1 is 1.50 bits per heavy atom. The lowest BCUT2D eigenvalue weighted by Crippen LogP contribution is -2.26. The number of rotatable bonds is 3. The topological polar surface area (TPSA) is 67.3 Å². The Kier molecular flexibility index (Phi) is 3.54. The summed E-state index contributed by atoms with van der Waals surface area (Å²) in [6.45, 7) is 0.0787. The van der Waals surface area contributed by atoms with E-state index >= 15 is 0 Å². The van der Waals surface area contributed by atoms with E-state index in [9.17, 15) is 17.1 Å². The Hall–Kier alpha value is -1.21. The number of halogens is 2. The van der Waals surface area contributed by atoms with E-state index in [0.29, 0.717) is 10.7 Å². The lowest BCUT2D eigenvalue weighted by atomic mass is 10.3. The number of carbonyl (C=O) groups excluding carboxylic acids is 1. The van der Waals surface area contributed by atoms with Crippen LogP contribution in [0, 0.1) is 0 Å². The van der Waals surface area contributed by atoms with Gasteiger partial charge in [-0.05, 0) is 11.6 Å². The van der Waals surface area contributed by atoms with Crippen molar-refractivity contribution < 1.29 is 17.1 Å². The predicted octanol–water partition coefficient (Wildman–Crippen LogP) is 1.14. The number of pyridine rings is 1. The van der Waals surface area contributed by atoms with Crippen molar-refractivity contribution in [1.29, 1.82) is 0 Å². The molecule has 8 heteroatoms. The van der Waals surface area contributed by atoms with Crippen LogP contribution in [0.15, 0.2) is 18.3 Å². The van der Waals surface area contributed by atoms with Crippen molar-refractivity contribution in [2.75, 3.05) is 6.54 Å². The predicted molar refractivity (Wildman–Crippen MR) is 63.1 cm³/mol. The Morgan fingerprint density at radius 3 is 2.72 bits per heavy atom. The second-order valence-electron chi connectivity index (χ2n) is 4.07. The van der Waals surface area contributed by atoms with Crippen molar-refractivity contribution in [3.63, 3.8) is 0 Å². The maximum Gasteiger partial charge on any atom is 0.307 e. The summed E-state index contributed by atoms with van der Waals surface area (Å²) in [6.07, 6.45) is 1.19. The molecule has 0 N–H and O–H groups in total. The van der Waals surface area contributed by atoms with Gasteiger partial charge in [0.2, 0.25) is 5.91 Å². The average molecular weight is 293 g/mol. The normalized spacial score (nSPS) is 20.4. The molecule has 2 rings (SSSR count). The lowest BCUT2D eigenvalue weighted by Gasteiger charge is -2.15. The summed E-state index contributed by atoms with van der Waals surface area (Å²) in [5.74, 6) is -0.379. The molecule has 1 saturated heterocycles. The highest BCUT2D eigenvalue weighted by Crippen LogP contribution is 2.21. The fraction of sp³-hybridized carbons (Fsp3) is 0.400. The van der Waals surface area contributed by atoms with Crippen LogP contribution in [0.3, 0.4) is 0 Å². The minimum Gasteiger partial charge on any atom is -0.337 e. The van der Waals surface area contributed by atoms with Crippen LogP contribution in [0.5, 0.6) is 0 Å². The molecule has 1 fully saturated rings. The molecule has 0 aliphatic carbocycles. The van der Waals surface area contributed by atoms with Gasteiger partial charge in [0.15, 0.2) is 0 Å². The zero-order valence-corrected chi connectivity index (χ0v) is 10.8. The van der Waals surface area contributed by atoms with Gasteiger partial charge in [-0.3, -0.25) is 4.79 Å². The van der Waals surface area contributed by atoms with E-state index in [4.69, 9.17) is 11.6 Å². The van der Waals surface area contributed by atoms with Gasteiger partial charge in [0.05, 0.1) is 0 Å². The molecule has 1 aliphatic heterocycles. The molecule has 1 unspecified atom stereocenters. The number of hydrogen-bond acceptors (Lipinski definition) is 4. The number of aromatic nitrogens is 1. The second-order valence-corrected chi connectivity index (χ2v) is 6.07. The summed E-state index contributed by atoms with van der Waals surface area (Å²) in [7, 11) is -4.67. The molecule has 5 nitrogen and oxygen atoms in total. The highest BCUT2D eigenvalue weighted by Gasteiger charge is 2.38. The summed E-state index contributed by atoms with van der Waals surface area (Å²) in [5, 5.41) is -0.930. The number of carbonyl (C=O) groups is 1. The molecule has 1 amide bonds. The number of nitrogens with zero attached hydrogens (tertiary/aromatic N) is 2. The van der Waals surface area contributed by atoms with E-state index in [1.165, 1.54) is 11.1 Å². The van der Waals surface area contributed by atoms with Crippen molar-refractivity contribution in [1.82, 2.24) is 9.88 Å². The summed E-state index contributed by atoms with van der Waals surface area (Å²) < 4.78 is 34.3. The largest absolute Gasteiger partial charge is 0.337 e. The van der Waals surface area contributed by atoms with Gasteiger partial charge in [0.1, 0.15) is 10.4 Å². The lowest BCUT2D eigenvalue weighted by molar-refractivity contribution is -0.128.